The van der Waals surface area contributed by atoms with Crippen LogP contribution in [-0.2, 0) is 14.4 Å². The van der Waals surface area contributed by atoms with Gasteiger partial charge < -0.3 is 15.7 Å². The lowest BCUT2D eigenvalue weighted by Gasteiger charge is -2.19. The third-order valence-corrected chi connectivity index (χ3v) is 6.13. The number of aliphatic carboxylic acids is 1. The highest BCUT2D eigenvalue weighted by molar-refractivity contribution is 5.84. The summed E-state index contributed by atoms with van der Waals surface area (Å²) in [5.74, 6) is -1.17. The molecular formula is C26H50N2O4. The van der Waals surface area contributed by atoms with Gasteiger partial charge in [0.15, 0.2) is 0 Å². The number of rotatable bonds is 22. The zero-order chi connectivity index (χ0) is 24.0. The van der Waals surface area contributed by atoms with Crippen LogP contribution in [0.2, 0.25) is 0 Å². The Labute approximate surface area is 196 Å². The van der Waals surface area contributed by atoms with E-state index in [1.54, 1.807) is 0 Å². The Kier molecular flexibility index (Phi) is 20.2. The molecule has 0 heterocycles. The summed E-state index contributed by atoms with van der Waals surface area (Å²) in [5, 5.41) is 15.1. The predicted octanol–water partition coefficient (Wildman–Crippen LogP) is 5.98. The summed E-state index contributed by atoms with van der Waals surface area (Å²) in [6.07, 6.45) is 17.0. The van der Waals surface area contributed by atoms with Crippen molar-refractivity contribution in [3.05, 3.63) is 0 Å². The minimum Gasteiger partial charge on any atom is -0.480 e. The first-order chi connectivity index (χ1) is 15.5. The van der Waals surface area contributed by atoms with Crippen molar-refractivity contribution in [3.8, 4) is 0 Å². The van der Waals surface area contributed by atoms with Crippen LogP contribution < -0.4 is 10.6 Å². The molecule has 0 saturated carbocycles. The molecule has 6 nitrogen and oxygen atoms in total. The summed E-state index contributed by atoms with van der Waals surface area (Å²) in [5.41, 5.74) is 0. The van der Waals surface area contributed by atoms with Gasteiger partial charge in [0.1, 0.15) is 6.04 Å². The van der Waals surface area contributed by atoms with E-state index in [0.717, 1.165) is 44.9 Å². The molecule has 188 valence electrons. The summed E-state index contributed by atoms with van der Waals surface area (Å²) in [6.45, 7) is 6.84. The lowest BCUT2D eigenvalue weighted by Crippen LogP contribution is -2.43. The van der Waals surface area contributed by atoms with Crippen molar-refractivity contribution in [2.24, 2.45) is 5.92 Å². The molecule has 0 spiro atoms. The molecule has 0 aromatic heterocycles. The number of amides is 2. The van der Waals surface area contributed by atoms with Crippen LogP contribution in [-0.4, -0.2) is 35.5 Å². The second kappa shape index (κ2) is 21.3. The maximum absolute atomic E-state index is 12.4. The van der Waals surface area contributed by atoms with Crippen molar-refractivity contribution in [1.29, 1.82) is 0 Å². The Morgan fingerprint density at radius 2 is 1.31 bits per heavy atom. The average molecular weight is 455 g/mol. The van der Waals surface area contributed by atoms with E-state index < -0.39 is 12.0 Å². The lowest BCUT2D eigenvalue weighted by molar-refractivity contribution is -0.142. The second-order valence-electron chi connectivity index (χ2n) is 9.07. The molecule has 0 aromatic rings. The van der Waals surface area contributed by atoms with E-state index in [1.165, 1.54) is 44.9 Å². The fourth-order valence-electron chi connectivity index (χ4n) is 3.90. The van der Waals surface area contributed by atoms with Crippen molar-refractivity contribution in [1.82, 2.24) is 10.6 Å². The Hall–Kier alpha value is -1.59. The number of hydrogen-bond donors (Lipinski definition) is 3. The average Bonchev–Trinajstić information content (AvgIpc) is 2.77. The van der Waals surface area contributed by atoms with Crippen molar-refractivity contribution >= 4 is 17.8 Å². The normalized spacial score (nSPS) is 12.8. The van der Waals surface area contributed by atoms with Crippen molar-refractivity contribution in [3.63, 3.8) is 0 Å². The predicted molar refractivity (Wildman–Crippen MR) is 132 cm³/mol. The summed E-state index contributed by atoms with van der Waals surface area (Å²) in [4.78, 5) is 35.8. The van der Waals surface area contributed by atoms with Crippen LogP contribution in [0.3, 0.4) is 0 Å². The van der Waals surface area contributed by atoms with E-state index in [4.69, 9.17) is 0 Å². The molecule has 0 bridgehead atoms. The molecule has 0 fully saturated rings. The molecule has 0 aliphatic rings. The molecule has 32 heavy (non-hydrogen) atoms. The van der Waals surface area contributed by atoms with Gasteiger partial charge in [0.05, 0.1) is 0 Å². The first-order valence-corrected chi connectivity index (χ1v) is 13.3. The van der Waals surface area contributed by atoms with E-state index in [9.17, 15) is 19.5 Å². The zero-order valence-electron chi connectivity index (χ0n) is 21.1. The Balaban J connectivity index is 3.86. The van der Waals surface area contributed by atoms with Gasteiger partial charge >= 0.3 is 5.97 Å². The Morgan fingerprint density at radius 1 is 0.719 bits per heavy atom. The summed E-state index contributed by atoms with van der Waals surface area (Å²) in [6, 6.07) is -0.851. The molecule has 0 aromatic carbocycles. The van der Waals surface area contributed by atoms with Gasteiger partial charge in [-0.15, -0.1) is 0 Å². The van der Waals surface area contributed by atoms with Crippen LogP contribution in [0.4, 0.5) is 0 Å². The van der Waals surface area contributed by atoms with E-state index in [0.29, 0.717) is 25.8 Å². The Morgan fingerprint density at radius 3 is 1.88 bits per heavy atom. The number of carboxylic acids is 1. The molecule has 2 unspecified atom stereocenters. The van der Waals surface area contributed by atoms with Gasteiger partial charge in [0.25, 0.3) is 0 Å². The lowest BCUT2D eigenvalue weighted by atomic mass is 9.97. The molecule has 0 aliphatic carbocycles. The first kappa shape index (κ1) is 30.4. The molecule has 2 atom stereocenters. The van der Waals surface area contributed by atoms with Gasteiger partial charge in [-0.25, -0.2) is 4.79 Å². The summed E-state index contributed by atoms with van der Waals surface area (Å²) < 4.78 is 0. The van der Waals surface area contributed by atoms with Crippen LogP contribution in [0.1, 0.15) is 130 Å². The molecule has 6 heteroatoms. The quantitative estimate of drug-likeness (QED) is 0.175. The molecule has 0 saturated heterocycles. The van der Waals surface area contributed by atoms with Gasteiger partial charge in [0.2, 0.25) is 11.8 Å². The number of nitrogens with one attached hydrogen (secondary N) is 2. The van der Waals surface area contributed by atoms with Gasteiger partial charge in [-0.1, -0.05) is 85.0 Å². The van der Waals surface area contributed by atoms with Gasteiger partial charge in [0, 0.05) is 18.9 Å². The highest BCUT2D eigenvalue weighted by Crippen LogP contribution is 2.14. The highest BCUT2D eigenvalue weighted by Gasteiger charge is 2.23. The second-order valence-corrected chi connectivity index (χ2v) is 9.07. The summed E-state index contributed by atoms with van der Waals surface area (Å²) in [7, 11) is 0. The smallest absolute Gasteiger partial charge is 0.326 e. The van der Waals surface area contributed by atoms with Crippen LogP contribution in [0.25, 0.3) is 0 Å². The zero-order valence-corrected chi connectivity index (χ0v) is 21.1. The van der Waals surface area contributed by atoms with E-state index in [-0.39, 0.29) is 17.7 Å². The standard InChI is InChI=1S/C26H50N2O4/c1-4-7-9-10-11-12-13-14-15-20-24(29)27-21-17-16-19-23(26(31)32)28-25(30)22(6-3)18-8-5-2/h22-23H,4-21H2,1-3H3,(H,27,29)(H,28,30)(H,31,32). The fraction of sp³-hybridized carbons (Fsp3) is 0.885. The van der Waals surface area contributed by atoms with Crippen molar-refractivity contribution in [2.75, 3.05) is 6.54 Å². The van der Waals surface area contributed by atoms with E-state index >= 15 is 0 Å². The molecule has 2 amide bonds. The number of carbonyl (C=O) groups excluding carboxylic acids is 2. The third kappa shape index (κ3) is 17.0. The van der Waals surface area contributed by atoms with Crippen LogP contribution in [0.5, 0.6) is 0 Å². The van der Waals surface area contributed by atoms with E-state index in [1.807, 2.05) is 6.92 Å². The largest absolute Gasteiger partial charge is 0.480 e. The molecular weight excluding hydrogens is 404 g/mol. The molecule has 3 N–H and O–H groups in total. The highest BCUT2D eigenvalue weighted by atomic mass is 16.4. The van der Waals surface area contributed by atoms with Crippen LogP contribution in [0.15, 0.2) is 0 Å². The number of hydrogen-bond acceptors (Lipinski definition) is 3. The fourth-order valence-corrected chi connectivity index (χ4v) is 3.90. The molecule has 0 aliphatic heterocycles. The molecule has 0 rings (SSSR count). The SMILES string of the molecule is CCCCCCCCCCCC(=O)NCCCCC(NC(=O)C(CC)CCCC)C(=O)O. The molecule has 0 radical (unpaired) electrons. The monoisotopic (exact) mass is 454 g/mol. The maximum Gasteiger partial charge on any atom is 0.326 e. The van der Waals surface area contributed by atoms with Gasteiger partial charge in [-0.05, 0) is 38.5 Å². The Bertz CT molecular complexity index is 496. The minimum atomic E-state index is -0.988. The van der Waals surface area contributed by atoms with E-state index in [2.05, 4.69) is 24.5 Å². The topological polar surface area (TPSA) is 95.5 Å². The van der Waals surface area contributed by atoms with Crippen molar-refractivity contribution < 1.29 is 19.5 Å². The van der Waals surface area contributed by atoms with Crippen molar-refractivity contribution in [2.45, 2.75) is 136 Å². The maximum atomic E-state index is 12.4. The third-order valence-electron chi connectivity index (χ3n) is 6.13. The number of carboxylic acid groups (broad SMARTS) is 1. The number of unbranched alkanes of at least 4 members (excludes halogenated alkanes) is 10. The summed E-state index contributed by atoms with van der Waals surface area (Å²) >= 11 is 0. The first-order valence-electron chi connectivity index (χ1n) is 13.3. The van der Waals surface area contributed by atoms with Gasteiger partial charge in [-0.2, -0.15) is 0 Å². The van der Waals surface area contributed by atoms with Crippen LogP contribution >= 0.6 is 0 Å². The van der Waals surface area contributed by atoms with Crippen LogP contribution in [0, 0.1) is 5.92 Å². The van der Waals surface area contributed by atoms with Gasteiger partial charge in [-0.3, -0.25) is 9.59 Å². The minimum absolute atomic E-state index is 0.0812. The number of carbonyl (C=O) groups is 3.